The fraction of sp³-hybridized carbons (Fsp3) is 0.500. The van der Waals surface area contributed by atoms with Crippen molar-refractivity contribution in [1.82, 2.24) is 5.32 Å². The van der Waals surface area contributed by atoms with E-state index in [9.17, 15) is 12.8 Å². The summed E-state index contributed by atoms with van der Waals surface area (Å²) in [7, 11) is -3.11. The summed E-state index contributed by atoms with van der Waals surface area (Å²) in [5, 5.41) is 3.08. The van der Waals surface area contributed by atoms with Crippen molar-refractivity contribution in [3.05, 3.63) is 35.1 Å². The van der Waals surface area contributed by atoms with E-state index < -0.39 is 9.84 Å². The lowest BCUT2D eigenvalue weighted by molar-refractivity contribution is 0.556. The molecule has 0 aliphatic rings. The van der Waals surface area contributed by atoms with Crippen LogP contribution < -0.4 is 5.32 Å². The molecule has 0 aliphatic heterocycles. The molecule has 0 spiro atoms. The van der Waals surface area contributed by atoms with Gasteiger partial charge in [0, 0.05) is 12.3 Å². The van der Waals surface area contributed by atoms with Crippen molar-refractivity contribution in [3.8, 4) is 0 Å². The van der Waals surface area contributed by atoms with Crippen molar-refractivity contribution in [2.24, 2.45) is 0 Å². The number of halogens is 1. The van der Waals surface area contributed by atoms with Crippen LogP contribution in [0.1, 0.15) is 24.1 Å². The lowest BCUT2D eigenvalue weighted by Gasteiger charge is -2.19. The highest BCUT2D eigenvalue weighted by Gasteiger charge is 2.18. The smallest absolute Gasteiger partial charge is 0.149 e. The van der Waals surface area contributed by atoms with Gasteiger partial charge >= 0.3 is 0 Å². The molecule has 0 bridgehead atoms. The molecule has 1 atom stereocenters. The highest BCUT2D eigenvalue weighted by molar-refractivity contribution is 7.90. The van der Waals surface area contributed by atoms with E-state index >= 15 is 0 Å². The van der Waals surface area contributed by atoms with Gasteiger partial charge in [0.05, 0.1) is 5.75 Å². The third-order valence-corrected chi connectivity index (χ3v) is 3.48. The molecule has 1 rings (SSSR count). The summed E-state index contributed by atoms with van der Waals surface area (Å²) >= 11 is 0. The summed E-state index contributed by atoms with van der Waals surface area (Å²) in [5.41, 5.74) is 1.60. The monoisotopic (exact) mass is 259 g/mol. The number of nitrogens with one attached hydrogen (secondary N) is 1. The molecule has 1 aromatic rings. The highest BCUT2D eigenvalue weighted by atomic mass is 32.2. The number of rotatable bonds is 5. The first-order valence-corrected chi connectivity index (χ1v) is 7.56. The summed E-state index contributed by atoms with van der Waals surface area (Å²) in [6.07, 6.45) is 1.19. The van der Waals surface area contributed by atoms with Gasteiger partial charge in [-0.15, -0.1) is 0 Å². The molecule has 0 aromatic heterocycles. The number of sulfone groups is 1. The minimum atomic E-state index is -3.11. The van der Waals surface area contributed by atoms with E-state index in [0.717, 1.165) is 5.56 Å². The second-order valence-electron chi connectivity index (χ2n) is 4.20. The van der Waals surface area contributed by atoms with Gasteiger partial charge in [0.25, 0.3) is 0 Å². The Kier molecular flexibility index (Phi) is 4.65. The average molecular weight is 259 g/mol. The van der Waals surface area contributed by atoms with E-state index in [1.54, 1.807) is 6.07 Å². The zero-order chi connectivity index (χ0) is 13.1. The maximum Gasteiger partial charge on any atom is 0.149 e. The van der Waals surface area contributed by atoms with Gasteiger partial charge in [0.2, 0.25) is 0 Å². The second-order valence-corrected chi connectivity index (χ2v) is 6.39. The molecule has 1 unspecified atom stereocenters. The molecule has 0 fully saturated rings. The maximum atomic E-state index is 13.2. The molecule has 3 nitrogen and oxygen atoms in total. The molecule has 0 aliphatic carbocycles. The lowest BCUT2D eigenvalue weighted by atomic mass is 10.0. The molecular formula is C12H18FNO2S. The van der Waals surface area contributed by atoms with Crippen molar-refractivity contribution >= 4 is 9.84 Å². The van der Waals surface area contributed by atoms with Gasteiger partial charge in [-0.2, -0.15) is 0 Å². The normalized spacial score (nSPS) is 13.6. The van der Waals surface area contributed by atoms with Crippen LogP contribution in [0.5, 0.6) is 0 Å². The van der Waals surface area contributed by atoms with Crippen LogP contribution >= 0.6 is 0 Å². The first-order chi connectivity index (χ1) is 7.83. The summed E-state index contributed by atoms with van der Waals surface area (Å²) in [5.74, 6) is -0.368. The summed E-state index contributed by atoms with van der Waals surface area (Å²) < 4.78 is 35.9. The molecule has 96 valence electrons. The fourth-order valence-corrected chi connectivity index (χ4v) is 2.70. The molecule has 0 saturated heterocycles. The number of hydrogen-bond acceptors (Lipinski definition) is 3. The van der Waals surface area contributed by atoms with E-state index in [4.69, 9.17) is 0 Å². The Bertz CT molecular complexity index is 485. The minimum Gasteiger partial charge on any atom is -0.309 e. The van der Waals surface area contributed by atoms with E-state index in [1.807, 2.05) is 13.8 Å². The Hall–Kier alpha value is -0.940. The summed E-state index contributed by atoms with van der Waals surface area (Å²) in [6, 6.07) is 4.08. The predicted octanol–water partition coefficient (Wildman–Crippen LogP) is 1.83. The summed E-state index contributed by atoms with van der Waals surface area (Å²) in [4.78, 5) is 0. The molecule has 1 N–H and O–H groups in total. The van der Waals surface area contributed by atoms with Gasteiger partial charge in [-0.05, 0) is 36.7 Å². The minimum absolute atomic E-state index is 0.0227. The standard InChI is InChI=1S/C12H18FNO2S/c1-4-14-12(8-17(3,15)16)11-7-10(13)6-5-9(11)2/h5-7,12,14H,4,8H2,1-3H3. The van der Waals surface area contributed by atoms with Crippen molar-refractivity contribution in [2.75, 3.05) is 18.6 Å². The Balaban J connectivity index is 3.08. The van der Waals surface area contributed by atoms with Crippen LogP contribution in [0, 0.1) is 12.7 Å². The molecule has 5 heteroatoms. The van der Waals surface area contributed by atoms with Gasteiger partial charge in [0.1, 0.15) is 15.7 Å². The predicted molar refractivity (Wildman–Crippen MR) is 67.3 cm³/mol. The van der Waals surface area contributed by atoms with Crippen LogP contribution in [0.4, 0.5) is 4.39 Å². The Morgan fingerprint density at radius 1 is 1.41 bits per heavy atom. The van der Waals surface area contributed by atoms with Gasteiger partial charge in [-0.3, -0.25) is 0 Å². The van der Waals surface area contributed by atoms with Gasteiger partial charge in [0.15, 0.2) is 0 Å². The first kappa shape index (κ1) is 14.1. The quantitative estimate of drug-likeness (QED) is 0.877. The molecule has 0 saturated carbocycles. The Labute approximate surface area is 102 Å². The lowest BCUT2D eigenvalue weighted by Crippen LogP contribution is -2.28. The van der Waals surface area contributed by atoms with E-state index in [-0.39, 0.29) is 17.6 Å². The Morgan fingerprint density at radius 2 is 2.06 bits per heavy atom. The van der Waals surface area contributed by atoms with Crippen molar-refractivity contribution in [3.63, 3.8) is 0 Å². The van der Waals surface area contributed by atoms with E-state index in [0.29, 0.717) is 12.1 Å². The van der Waals surface area contributed by atoms with Gasteiger partial charge < -0.3 is 5.32 Å². The molecule has 0 radical (unpaired) electrons. The van der Waals surface area contributed by atoms with Gasteiger partial charge in [-0.1, -0.05) is 13.0 Å². The number of aryl methyl sites for hydroxylation is 1. The van der Waals surface area contributed by atoms with Crippen molar-refractivity contribution < 1.29 is 12.8 Å². The third-order valence-electron chi connectivity index (χ3n) is 2.54. The zero-order valence-electron chi connectivity index (χ0n) is 10.3. The molecule has 1 aromatic carbocycles. The zero-order valence-corrected chi connectivity index (χ0v) is 11.1. The topological polar surface area (TPSA) is 46.2 Å². The summed E-state index contributed by atoms with van der Waals surface area (Å²) in [6.45, 7) is 4.38. The van der Waals surface area contributed by atoms with E-state index in [2.05, 4.69) is 5.32 Å². The van der Waals surface area contributed by atoms with Crippen LogP contribution in [0.15, 0.2) is 18.2 Å². The third kappa shape index (κ3) is 4.44. The van der Waals surface area contributed by atoms with Gasteiger partial charge in [-0.25, -0.2) is 12.8 Å². The van der Waals surface area contributed by atoms with Crippen LogP contribution in [0.25, 0.3) is 0 Å². The number of hydrogen-bond donors (Lipinski definition) is 1. The molecule has 17 heavy (non-hydrogen) atoms. The number of benzene rings is 1. The van der Waals surface area contributed by atoms with Crippen LogP contribution in [0.2, 0.25) is 0 Å². The second kappa shape index (κ2) is 5.60. The Morgan fingerprint density at radius 3 is 2.59 bits per heavy atom. The van der Waals surface area contributed by atoms with Crippen molar-refractivity contribution in [2.45, 2.75) is 19.9 Å². The fourth-order valence-electron chi connectivity index (χ4n) is 1.79. The van der Waals surface area contributed by atoms with Crippen LogP contribution in [-0.4, -0.2) is 27.0 Å². The van der Waals surface area contributed by atoms with Crippen LogP contribution in [-0.2, 0) is 9.84 Å². The van der Waals surface area contributed by atoms with Crippen molar-refractivity contribution in [1.29, 1.82) is 0 Å². The molecule has 0 heterocycles. The molecule has 0 amide bonds. The molecular weight excluding hydrogens is 241 g/mol. The maximum absolute atomic E-state index is 13.2. The highest BCUT2D eigenvalue weighted by Crippen LogP contribution is 2.20. The van der Waals surface area contributed by atoms with Crippen LogP contribution in [0.3, 0.4) is 0 Å². The average Bonchev–Trinajstić information content (AvgIpc) is 2.19. The first-order valence-electron chi connectivity index (χ1n) is 5.50. The largest absolute Gasteiger partial charge is 0.309 e. The van der Waals surface area contributed by atoms with E-state index in [1.165, 1.54) is 18.4 Å². The SMILES string of the molecule is CCNC(CS(C)(=O)=O)c1cc(F)ccc1C.